The molecule has 3 N–H and O–H groups in total. The predicted octanol–water partition coefficient (Wildman–Crippen LogP) is 1.48. The molecule has 0 aliphatic heterocycles. The molecule has 1 aliphatic rings. The van der Waals surface area contributed by atoms with Crippen LogP contribution in [0.3, 0.4) is 0 Å². The normalized spacial score (nSPS) is 22.8. The molecule has 1 aromatic rings. The van der Waals surface area contributed by atoms with Crippen molar-refractivity contribution in [3.8, 4) is 0 Å². The highest BCUT2D eigenvalue weighted by Crippen LogP contribution is 2.28. The highest BCUT2D eigenvalue weighted by molar-refractivity contribution is 5.95. The number of carbonyl (C=O) groups excluding carboxylic acids is 1. The summed E-state index contributed by atoms with van der Waals surface area (Å²) in [6, 6.07) is 0. The van der Waals surface area contributed by atoms with Gasteiger partial charge in [0.25, 0.3) is 5.91 Å². The van der Waals surface area contributed by atoms with Gasteiger partial charge in [-0.05, 0) is 37.6 Å². The molecule has 0 radical (unpaired) electrons. The topological polar surface area (TPSA) is 72.9 Å². The van der Waals surface area contributed by atoms with Crippen LogP contribution in [0.2, 0.25) is 0 Å². The number of aryl methyl sites for hydroxylation is 2. The number of nitrogens with zero attached hydrogens (tertiary/aromatic N) is 2. The summed E-state index contributed by atoms with van der Waals surface area (Å²) in [4.78, 5) is 12.3. The molecule has 112 valence electrons. The number of nitrogens with one attached hydrogen (secondary N) is 1. The Morgan fingerprint density at radius 3 is 2.80 bits per heavy atom. The summed E-state index contributed by atoms with van der Waals surface area (Å²) in [5.74, 6) is 1.08. The maximum Gasteiger partial charge on any atom is 0.254 e. The van der Waals surface area contributed by atoms with Gasteiger partial charge >= 0.3 is 0 Å². The molecule has 0 saturated heterocycles. The molecule has 1 aliphatic carbocycles. The van der Waals surface area contributed by atoms with E-state index in [-0.39, 0.29) is 5.91 Å². The molecular weight excluding hydrogens is 252 g/mol. The lowest BCUT2D eigenvalue weighted by atomic mass is 9.79. The second-order valence-corrected chi connectivity index (χ2v) is 5.77. The fraction of sp³-hybridized carbons (Fsp3) is 0.733. The Hall–Kier alpha value is -1.36. The molecular formula is C15H26N4O. The quantitative estimate of drug-likeness (QED) is 0.857. The summed E-state index contributed by atoms with van der Waals surface area (Å²) in [6.45, 7) is 3.48. The van der Waals surface area contributed by atoms with E-state index in [9.17, 15) is 4.79 Å². The van der Waals surface area contributed by atoms with Gasteiger partial charge in [-0.2, -0.15) is 5.10 Å². The first kappa shape index (κ1) is 15.0. The van der Waals surface area contributed by atoms with Crippen molar-refractivity contribution in [2.45, 2.75) is 39.0 Å². The van der Waals surface area contributed by atoms with Crippen LogP contribution in [-0.2, 0) is 13.5 Å². The molecule has 0 spiro atoms. The first-order valence-corrected chi connectivity index (χ1v) is 7.66. The van der Waals surface area contributed by atoms with Gasteiger partial charge in [-0.3, -0.25) is 9.48 Å². The van der Waals surface area contributed by atoms with Gasteiger partial charge in [-0.1, -0.05) is 19.8 Å². The number of hydrogen-bond acceptors (Lipinski definition) is 3. The van der Waals surface area contributed by atoms with Crippen molar-refractivity contribution in [2.75, 3.05) is 13.1 Å². The molecule has 2 rings (SSSR count). The third kappa shape index (κ3) is 3.39. The summed E-state index contributed by atoms with van der Waals surface area (Å²) >= 11 is 0. The van der Waals surface area contributed by atoms with Gasteiger partial charge in [-0.25, -0.2) is 0 Å². The smallest absolute Gasteiger partial charge is 0.254 e. The Bertz CT molecular complexity index is 455. The van der Waals surface area contributed by atoms with Gasteiger partial charge < -0.3 is 11.1 Å². The maximum atomic E-state index is 12.3. The van der Waals surface area contributed by atoms with Gasteiger partial charge in [0.05, 0.1) is 11.3 Å². The van der Waals surface area contributed by atoms with Crippen molar-refractivity contribution in [3.63, 3.8) is 0 Å². The summed E-state index contributed by atoms with van der Waals surface area (Å²) in [5.41, 5.74) is 7.40. The van der Waals surface area contributed by atoms with E-state index in [1.807, 2.05) is 14.0 Å². The van der Waals surface area contributed by atoms with Crippen molar-refractivity contribution in [3.05, 3.63) is 17.5 Å². The molecule has 5 nitrogen and oxygen atoms in total. The first-order valence-electron chi connectivity index (χ1n) is 7.66. The fourth-order valence-corrected chi connectivity index (χ4v) is 3.17. The van der Waals surface area contributed by atoms with Crippen LogP contribution in [0.25, 0.3) is 0 Å². The van der Waals surface area contributed by atoms with Gasteiger partial charge in [0.2, 0.25) is 0 Å². The number of carbonyl (C=O) groups is 1. The summed E-state index contributed by atoms with van der Waals surface area (Å²) < 4.78 is 1.71. The lowest BCUT2D eigenvalue weighted by Crippen LogP contribution is -2.37. The minimum Gasteiger partial charge on any atom is -0.352 e. The number of nitrogens with two attached hydrogens (primary N) is 1. The first-order chi connectivity index (χ1) is 9.65. The zero-order chi connectivity index (χ0) is 14.5. The second kappa shape index (κ2) is 6.88. The van der Waals surface area contributed by atoms with E-state index in [4.69, 9.17) is 5.73 Å². The van der Waals surface area contributed by atoms with Crippen LogP contribution >= 0.6 is 0 Å². The van der Waals surface area contributed by atoms with Crippen molar-refractivity contribution in [1.29, 1.82) is 0 Å². The zero-order valence-corrected chi connectivity index (χ0v) is 12.6. The average molecular weight is 278 g/mol. The zero-order valence-electron chi connectivity index (χ0n) is 12.6. The molecule has 2 unspecified atom stereocenters. The number of rotatable bonds is 5. The fourth-order valence-electron chi connectivity index (χ4n) is 3.17. The minimum absolute atomic E-state index is 0.00343. The Balaban J connectivity index is 1.94. The van der Waals surface area contributed by atoms with Gasteiger partial charge in [-0.15, -0.1) is 0 Å². The van der Waals surface area contributed by atoms with Crippen LogP contribution in [0.4, 0.5) is 0 Å². The molecule has 1 saturated carbocycles. The van der Waals surface area contributed by atoms with Crippen molar-refractivity contribution in [2.24, 2.45) is 24.6 Å². The van der Waals surface area contributed by atoms with E-state index in [1.165, 1.54) is 25.7 Å². The van der Waals surface area contributed by atoms with Crippen LogP contribution in [0.5, 0.6) is 0 Å². The second-order valence-electron chi connectivity index (χ2n) is 5.77. The number of hydrogen-bond donors (Lipinski definition) is 2. The van der Waals surface area contributed by atoms with Crippen LogP contribution < -0.4 is 11.1 Å². The third-order valence-electron chi connectivity index (χ3n) is 4.38. The standard InChI is InChI=1S/C15H26N4O/c1-3-14-13(10-19(2)18-14)15(20)17-9-12-7-5-4-6-11(12)8-16/h10-12H,3-9,16H2,1-2H3,(H,17,20). The van der Waals surface area contributed by atoms with Crippen molar-refractivity contribution < 1.29 is 4.79 Å². The Kier molecular flexibility index (Phi) is 5.17. The number of amides is 1. The highest BCUT2D eigenvalue weighted by Gasteiger charge is 2.24. The van der Waals surface area contributed by atoms with E-state index < -0.39 is 0 Å². The van der Waals surface area contributed by atoms with E-state index in [1.54, 1.807) is 10.9 Å². The van der Waals surface area contributed by atoms with E-state index in [0.29, 0.717) is 17.4 Å². The maximum absolute atomic E-state index is 12.3. The largest absolute Gasteiger partial charge is 0.352 e. The molecule has 2 atom stereocenters. The summed E-state index contributed by atoms with van der Waals surface area (Å²) in [7, 11) is 1.85. The molecule has 1 aromatic heterocycles. The molecule has 1 heterocycles. The summed E-state index contributed by atoms with van der Waals surface area (Å²) in [6.07, 6.45) is 7.48. The Morgan fingerprint density at radius 1 is 1.45 bits per heavy atom. The predicted molar refractivity (Wildman–Crippen MR) is 79.4 cm³/mol. The number of aromatic nitrogens is 2. The molecule has 1 amide bonds. The monoisotopic (exact) mass is 278 g/mol. The third-order valence-corrected chi connectivity index (χ3v) is 4.38. The van der Waals surface area contributed by atoms with Crippen LogP contribution in [0, 0.1) is 11.8 Å². The minimum atomic E-state index is -0.00343. The highest BCUT2D eigenvalue weighted by atomic mass is 16.1. The lowest BCUT2D eigenvalue weighted by molar-refractivity contribution is 0.0934. The van der Waals surface area contributed by atoms with Gasteiger partial charge in [0.1, 0.15) is 0 Å². The van der Waals surface area contributed by atoms with E-state index in [2.05, 4.69) is 10.4 Å². The van der Waals surface area contributed by atoms with E-state index >= 15 is 0 Å². The molecule has 20 heavy (non-hydrogen) atoms. The van der Waals surface area contributed by atoms with Crippen molar-refractivity contribution >= 4 is 5.91 Å². The Labute approximate surface area is 120 Å². The van der Waals surface area contributed by atoms with Crippen molar-refractivity contribution in [1.82, 2.24) is 15.1 Å². The van der Waals surface area contributed by atoms with Gasteiger partial charge in [0.15, 0.2) is 0 Å². The van der Waals surface area contributed by atoms with Gasteiger partial charge in [0, 0.05) is 19.8 Å². The molecule has 1 fully saturated rings. The lowest BCUT2D eigenvalue weighted by Gasteiger charge is -2.30. The van der Waals surface area contributed by atoms with E-state index in [0.717, 1.165) is 25.2 Å². The molecule has 5 heteroatoms. The molecule has 0 aromatic carbocycles. The SMILES string of the molecule is CCc1nn(C)cc1C(=O)NCC1CCCCC1CN. The summed E-state index contributed by atoms with van der Waals surface area (Å²) in [5, 5.41) is 7.39. The van der Waals surface area contributed by atoms with Crippen LogP contribution in [-0.4, -0.2) is 28.8 Å². The molecule has 0 bridgehead atoms. The average Bonchev–Trinajstić information content (AvgIpc) is 2.86. The Morgan fingerprint density at radius 2 is 2.15 bits per heavy atom. The van der Waals surface area contributed by atoms with Crippen LogP contribution in [0.15, 0.2) is 6.20 Å². The van der Waals surface area contributed by atoms with Crippen LogP contribution in [0.1, 0.15) is 48.7 Å².